The molecule has 0 saturated carbocycles. The lowest BCUT2D eigenvalue weighted by Crippen LogP contribution is -2.46. The summed E-state index contributed by atoms with van der Waals surface area (Å²) < 4.78 is 9.79. The van der Waals surface area contributed by atoms with Crippen molar-refractivity contribution in [3.63, 3.8) is 0 Å². The molecule has 5 rings (SSSR count). The topological polar surface area (TPSA) is 55.5 Å². The zero-order valence-electron chi connectivity index (χ0n) is 19.3. The molecule has 172 valence electrons. The van der Waals surface area contributed by atoms with Crippen LogP contribution in [0, 0.1) is 0 Å². The zero-order chi connectivity index (χ0) is 22.9. The van der Waals surface area contributed by atoms with Gasteiger partial charge in [-0.2, -0.15) is 5.10 Å². The maximum Gasteiger partial charge on any atom is 0.350 e. The van der Waals surface area contributed by atoms with Gasteiger partial charge in [-0.05, 0) is 55.8 Å². The maximum atomic E-state index is 12.7. The molecule has 1 atom stereocenters. The number of hydrogen-bond acceptors (Lipinski definition) is 6. The second-order valence-corrected chi connectivity index (χ2v) is 9.37. The van der Waals surface area contributed by atoms with E-state index in [0.717, 1.165) is 44.0 Å². The lowest BCUT2D eigenvalue weighted by atomic mass is 10.2. The molecule has 0 radical (unpaired) electrons. The smallest absolute Gasteiger partial charge is 0.350 e. The molecule has 1 aliphatic heterocycles. The minimum atomic E-state index is -0.0914. The van der Waals surface area contributed by atoms with Crippen molar-refractivity contribution < 1.29 is 4.74 Å². The Morgan fingerprint density at radius 3 is 2.42 bits per heavy atom. The van der Waals surface area contributed by atoms with E-state index in [9.17, 15) is 4.79 Å². The Kier molecular flexibility index (Phi) is 5.85. The van der Waals surface area contributed by atoms with Crippen LogP contribution in [0.5, 0.6) is 5.75 Å². The molecule has 2 aromatic heterocycles. The summed E-state index contributed by atoms with van der Waals surface area (Å²) in [5.41, 5.74) is 3.24. The Labute approximate surface area is 197 Å². The molecule has 0 bridgehead atoms. The van der Waals surface area contributed by atoms with E-state index in [4.69, 9.17) is 4.74 Å². The zero-order valence-corrected chi connectivity index (χ0v) is 20.1. The minimum Gasteiger partial charge on any atom is -0.497 e. The van der Waals surface area contributed by atoms with Gasteiger partial charge in [-0.15, -0.1) is 11.3 Å². The molecule has 0 amide bonds. The molecule has 1 aliphatic rings. The third-order valence-corrected chi connectivity index (χ3v) is 7.51. The van der Waals surface area contributed by atoms with Crippen LogP contribution in [0.2, 0.25) is 0 Å². The summed E-state index contributed by atoms with van der Waals surface area (Å²) in [4.78, 5) is 17.6. The summed E-state index contributed by atoms with van der Waals surface area (Å²) in [6, 6.07) is 14.6. The molecule has 0 spiro atoms. The molecule has 0 aliphatic carbocycles. The summed E-state index contributed by atoms with van der Waals surface area (Å²) in [5, 5.41) is 7.83. The number of methoxy groups -OCH3 is 1. The third-order valence-electron chi connectivity index (χ3n) is 6.58. The highest BCUT2D eigenvalue weighted by Crippen LogP contribution is 2.36. The van der Waals surface area contributed by atoms with Crippen LogP contribution in [0.25, 0.3) is 15.8 Å². The van der Waals surface area contributed by atoms with Crippen molar-refractivity contribution in [1.82, 2.24) is 14.3 Å². The summed E-state index contributed by atoms with van der Waals surface area (Å²) in [7, 11) is 1.71. The summed E-state index contributed by atoms with van der Waals surface area (Å²) in [6.45, 7) is 7.93. The highest BCUT2D eigenvalue weighted by Gasteiger charge is 2.20. The first-order chi connectivity index (χ1) is 16.1. The highest BCUT2D eigenvalue weighted by atomic mass is 32.1. The summed E-state index contributed by atoms with van der Waals surface area (Å²) in [6.07, 6.45) is 2.49. The van der Waals surface area contributed by atoms with E-state index in [1.54, 1.807) is 34.0 Å². The Balaban J connectivity index is 1.27. The van der Waals surface area contributed by atoms with E-state index in [1.807, 2.05) is 25.1 Å². The van der Waals surface area contributed by atoms with Crippen molar-refractivity contribution in [2.24, 2.45) is 0 Å². The van der Waals surface area contributed by atoms with E-state index < -0.39 is 0 Å². The van der Waals surface area contributed by atoms with Gasteiger partial charge in [-0.1, -0.05) is 6.92 Å². The van der Waals surface area contributed by atoms with Gasteiger partial charge in [0.2, 0.25) is 0 Å². The van der Waals surface area contributed by atoms with E-state index in [2.05, 4.69) is 51.5 Å². The Morgan fingerprint density at radius 1 is 1.03 bits per heavy atom. The predicted molar refractivity (Wildman–Crippen MR) is 136 cm³/mol. The second kappa shape index (κ2) is 8.94. The standard InChI is InChI=1S/C25H29N5O2S/c1-4-18(2)30-25(31)29(17-26-30)20-7-5-19(6-8-20)27-11-13-28(14-12-27)23-16-33-24-15-21(32-3)9-10-22(23)24/h5-10,15-18H,4,11-14H2,1-3H3. The average Bonchev–Trinajstić information content (AvgIpc) is 3.47. The minimum absolute atomic E-state index is 0.0914. The highest BCUT2D eigenvalue weighted by molar-refractivity contribution is 7.17. The van der Waals surface area contributed by atoms with Gasteiger partial charge in [0.05, 0.1) is 24.5 Å². The summed E-state index contributed by atoms with van der Waals surface area (Å²) in [5.74, 6) is 0.902. The number of piperazine rings is 1. The van der Waals surface area contributed by atoms with Crippen LogP contribution in [-0.4, -0.2) is 47.6 Å². The van der Waals surface area contributed by atoms with Crippen LogP contribution >= 0.6 is 11.3 Å². The van der Waals surface area contributed by atoms with Crippen molar-refractivity contribution in [2.45, 2.75) is 26.3 Å². The van der Waals surface area contributed by atoms with Gasteiger partial charge in [0.1, 0.15) is 12.1 Å². The fourth-order valence-electron chi connectivity index (χ4n) is 4.36. The molecule has 1 saturated heterocycles. The van der Waals surface area contributed by atoms with Gasteiger partial charge in [-0.3, -0.25) is 0 Å². The Bertz CT molecular complexity index is 1300. The largest absolute Gasteiger partial charge is 0.497 e. The predicted octanol–water partition coefficient (Wildman–Crippen LogP) is 4.55. The number of fused-ring (bicyclic) bond motifs is 1. The fourth-order valence-corrected chi connectivity index (χ4v) is 5.36. The van der Waals surface area contributed by atoms with Crippen LogP contribution < -0.4 is 20.2 Å². The molecule has 33 heavy (non-hydrogen) atoms. The Morgan fingerprint density at radius 2 is 1.73 bits per heavy atom. The van der Waals surface area contributed by atoms with E-state index >= 15 is 0 Å². The molecule has 3 heterocycles. The first-order valence-corrected chi connectivity index (χ1v) is 12.3. The van der Waals surface area contributed by atoms with E-state index in [-0.39, 0.29) is 11.7 Å². The molecular weight excluding hydrogens is 434 g/mol. The summed E-state index contributed by atoms with van der Waals surface area (Å²) >= 11 is 1.77. The molecular formula is C25H29N5O2S. The van der Waals surface area contributed by atoms with E-state index in [1.165, 1.54) is 21.5 Å². The van der Waals surface area contributed by atoms with Crippen LogP contribution in [0.4, 0.5) is 11.4 Å². The first-order valence-electron chi connectivity index (χ1n) is 11.4. The van der Waals surface area contributed by atoms with E-state index in [0.29, 0.717) is 0 Å². The number of aromatic nitrogens is 3. The number of ether oxygens (including phenoxy) is 1. The van der Waals surface area contributed by atoms with Crippen LogP contribution in [-0.2, 0) is 0 Å². The van der Waals surface area contributed by atoms with Crippen LogP contribution in [0.1, 0.15) is 26.3 Å². The maximum absolute atomic E-state index is 12.7. The monoisotopic (exact) mass is 463 g/mol. The van der Waals surface area contributed by atoms with Gasteiger partial charge >= 0.3 is 5.69 Å². The molecule has 1 unspecified atom stereocenters. The van der Waals surface area contributed by atoms with Crippen molar-refractivity contribution in [3.05, 3.63) is 64.7 Å². The van der Waals surface area contributed by atoms with Gasteiger partial charge in [0.25, 0.3) is 0 Å². The SMILES string of the molecule is CCC(C)n1ncn(-c2ccc(N3CCN(c4csc5cc(OC)ccc45)CC3)cc2)c1=O. The number of anilines is 2. The first kappa shape index (κ1) is 21.6. The van der Waals surface area contributed by atoms with Crippen LogP contribution in [0.3, 0.4) is 0 Å². The molecule has 4 aromatic rings. The number of benzene rings is 2. The fraction of sp³-hybridized carbons (Fsp3) is 0.360. The second-order valence-electron chi connectivity index (χ2n) is 8.46. The van der Waals surface area contributed by atoms with Crippen molar-refractivity contribution in [2.75, 3.05) is 43.1 Å². The lowest BCUT2D eigenvalue weighted by Gasteiger charge is -2.37. The third kappa shape index (κ3) is 3.99. The number of nitrogens with zero attached hydrogens (tertiary/aromatic N) is 5. The van der Waals surface area contributed by atoms with Gasteiger partial charge in [0, 0.05) is 47.3 Å². The lowest BCUT2D eigenvalue weighted by molar-refractivity contribution is 0.415. The molecule has 2 aromatic carbocycles. The molecule has 7 nitrogen and oxygen atoms in total. The quantitative estimate of drug-likeness (QED) is 0.420. The number of hydrogen-bond donors (Lipinski definition) is 0. The Hall–Kier alpha value is -3.26. The van der Waals surface area contributed by atoms with Crippen LogP contribution in [0.15, 0.2) is 59.0 Å². The number of rotatable bonds is 6. The van der Waals surface area contributed by atoms with Crippen molar-refractivity contribution in [1.29, 1.82) is 0 Å². The molecule has 1 fully saturated rings. The van der Waals surface area contributed by atoms with Crippen molar-refractivity contribution >= 4 is 32.8 Å². The van der Waals surface area contributed by atoms with Gasteiger partial charge in [-0.25, -0.2) is 14.0 Å². The molecule has 0 N–H and O–H groups in total. The number of thiophene rings is 1. The van der Waals surface area contributed by atoms with Gasteiger partial charge in [0.15, 0.2) is 0 Å². The normalized spacial score (nSPS) is 15.2. The molecule has 8 heteroatoms. The van der Waals surface area contributed by atoms with Crippen molar-refractivity contribution in [3.8, 4) is 11.4 Å². The average molecular weight is 464 g/mol. The van der Waals surface area contributed by atoms with Gasteiger partial charge < -0.3 is 14.5 Å².